The molecule has 3 nitrogen and oxygen atoms in total. The minimum absolute atomic E-state index is 0.0574. The van der Waals surface area contributed by atoms with Gasteiger partial charge in [0.2, 0.25) is 0 Å². The molecule has 0 amide bonds. The molecule has 2 rings (SSSR count). The standard InChI is InChI=1S/C13H12F2O3/c1-2-18-12(17)13(7-16)5-8-3-10(14)11(15)4-9(8)6-13/h3-4,7H,2,5-6H2,1H3. The molecule has 1 aromatic carbocycles. The summed E-state index contributed by atoms with van der Waals surface area (Å²) in [6.45, 7) is 1.80. The zero-order chi connectivity index (χ0) is 13.3. The van der Waals surface area contributed by atoms with E-state index < -0.39 is 23.0 Å². The number of ether oxygens (including phenoxy) is 1. The minimum atomic E-state index is -1.33. The summed E-state index contributed by atoms with van der Waals surface area (Å²) in [6.07, 6.45) is 0.630. The molecule has 18 heavy (non-hydrogen) atoms. The molecule has 1 aliphatic carbocycles. The molecule has 0 bridgehead atoms. The second kappa shape index (κ2) is 4.48. The maximum atomic E-state index is 13.1. The normalized spacial score (nSPS) is 16.2. The maximum absolute atomic E-state index is 13.1. The lowest BCUT2D eigenvalue weighted by molar-refractivity contribution is -0.156. The maximum Gasteiger partial charge on any atom is 0.320 e. The molecule has 0 radical (unpaired) electrons. The Balaban J connectivity index is 2.36. The van der Waals surface area contributed by atoms with Crippen LogP contribution in [0.3, 0.4) is 0 Å². The highest BCUT2D eigenvalue weighted by atomic mass is 19.2. The SMILES string of the molecule is CCOC(=O)C1(C=O)Cc2cc(F)c(F)cc2C1. The fraction of sp³-hybridized carbons (Fsp3) is 0.385. The van der Waals surface area contributed by atoms with Crippen molar-refractivity contribution in [2.75, 3.05) is 6.61 Å². The van der Waals surface area contributed by atoms with Gasteiger partial charge in [0.25, 0.3) is 0 Å². The van der Waals surface area contributed by atoms with Crippen molar-refractivity contribution in [3.63, 3.8) is 0 Å². The van der Waals surface area contributed by atoms with Crippen molar-refractivity contribution in [2.24, 2.45) is 5.41 Å². The first kappa shape index (κ1) is 12.7. The van der Waals surface area contributed by atoms with Crippen molar-refractivity contribution in [1.29, 1.82) is 0 Å². The number of carbonyl (C=O) groups is 2. The van der Waals surface area contributed by atoms with Gasteiger partial charge in [-0.2, -0.15) is 0 Å². The average Bonchev–Trinajstić information content (AvgIpc) is 2.69. The monoisotopic (exact) mass is 254 g/mol. The van der Waals surface area contributed by atoms with Crippen LogP contribution in [0, 0.1) is 17.0 Å². The fourth-order valence-electron chi connectivity index (χ4n) is 2.25. The predicted octanol–water partition coefficient (Wildman–Crippen LogP) is 1.81. The molecule has 0 aliphatic heterocycles. The molecular formula is C13H12F2O3. The van der Waals surface area contributed by atoms with Gasteiger partial charge in [0.1, 0.15) is 11.7 Å². The van der Waals surface area contributed by atoms with Crippen molar-refractivity contribution in [2.45, 2.75) is 19.8 Å². The molecular weight excluding hydrogens is 242 g/mol. The van der Waals surface area contributed by atoms with Crippen molar-refractivity contribution in [1.82, 2.24) is 0 Å². The van der Waals surface area contributed by atoms with Crippen molar-refractivity contribution in [3.05, 3.63) is 34.9 Å². The van der Waals surface area contributed by atoms with E-state index in [9.17, 15) is 18.4 Å². The van der Waals surface area contributed by atoms with Crippen molar-refractivity contribution in [3.8, 4) is 0 Å². The first-order chi connectivity index (χ1) is 8.52. The molecule has 5 heteroatoms. The molecule has 1 aromatic rings. The summed E-state index contributed by atoms with van der Waals surface area (Å²) in [7, 11) is 0. The highest BCUT2D eigenvalue weighted by molar-refractivity contribution is 5.95. The summed E-state index contributed by atoms with van der Waals surface area (Å²) < 4.78 is 31.1. The number of aldehydes is 1. The second-order valence-electron chi connectivity index (χ2n) is 4.38. The van der Waals surface area contributed by atoms with E-state index in [-0.39, 0.29) is 19.4 Å². The van der Waals surface area contributed by atoms with Gasteiger partial charge in [-0.15, -0.1) is 0 Å². The number of hydrogen-bond acceptors (Lipinski definition) is 3. The van der Waals surface area contributed by atoms with Crippen molar-refractivity contribution >= 4 is 12.3 Å². The summed E-state index contributed by atoms with van der Waals surface area (Å²) in [5.41, 5.74) is -0.374. The molecule has 96 valence electrons. The number of rotatable bonds is 3. The van der Waals surface area contributed by atoms with E-state index in [1.807, 2.05) is 0 Å². The highest BCUT2D eigenvalue weighted by Crippen LogP contribution is 2.37. The smallest absolute Gasteiger partial charge is 0.320 e. The van der Waals surface area contributed by atoms with Crippen LogP contribution in [-0.2, 0) is 27.2 Å². The van der Waals surface area contributed by atoms with Gasteiger partial charge in [-0.3, -0.25) is 4.79 Å². The molecule has 0 fully saturated rings. The summed E-state index contributed by atoms with van der Waals surface area (Å²) in [6, 6.07) is 2.07. The Hall–Kier alpha value is -1.78. The van der Waals surface area contributed by atoms with E-state index in [0.717, 1.165) is 12.1 Å². The van der Waals surface area contributed by atoms with Gasteiger partial charge < -0.3 is 9.53 Å². The van der Waals surface area contributed by atoms with E-state index >= 15 is 0 Å². The number of esters is 1. The van der Waals surface area contributed by atoms with Crippen LogP contribution in [0.4, 0.5) is 8.78 Å². The van der Waals surface area contributed by atoms with E-state index in [0.29, 0.717) is 17.4 Å². The lowest BCUT2D eigenvalue weighted by Gasteiger charge is -2.18. The Morgan fingerprint density at radius 2 is 1.83 bits per heavy atom. The number of hydrogen-bond donors (Lipinski definition) is 0. The lowest BCUT2D eigenvalue weighted by Crippen LogP contribution is -2.35. The van der Waals surface area contributed by atoms with Crippen LogP contribution in [0.2, 0.25) is 0 Å². The van der Waals surface area contributed by atoms with E-state index in [1.54, 1.807) is 6.92 Å². The number of fused-ring (bicyclic) bond motifs is 1. The van der Waals surface area contributed by atoms with Gasteiger partial charge in [0.05, 0.1) is 6.61 Å². The molecule has 0 N–H and O–H groups in total. The first-order valence-electron chi connectivity index (χ1n) is 5.63. The van der Waals surface area contributed by atoms with Crippen molar-refractivity contribution < 1.29 is 23.1 Å². The fourth-order valence-corrected chi connectivity index (χ4v) is 2.25. The molecule has 0 aromatic heterocycles. The zero-order valence-electron chi connectivity index (χ0n) is 9.83. The van der Waals surface area contributed by atoms with Crippen LogP contribution in [-0.4, -0.2) is 18.9 Å². The van der Waals surface area contributed by atoms with Gasteiger partial charge in [-0.05, 0) is 43.0 Å². The molecule has 0 spiro atoms. The van der Waals surface area contributed by atoms with Crippen LogP contribution in [0.15, 0.2) is 12.1 Å². The summed E-state index contributed by atoms with van der Waals surface area (Å²) in [5, 5.41) is 0. The van der Waals surface area contributed by atoms with E-state index in [2.05, 4.69) is 0 Å². The third kappa shape index (κ3) is 1.89. The van der Waals surface area contributed by atoms with Crippen LogP contribution >= 0.6 is 0 Å². The number of halogens is 2. The predicted molar refractivity (Wildman–Crippen MR) is 58.9 cm³/mol. The topological polar surface area (TPSA) is 43.4 Å². The second-order valence-corrected chi connectivity index (χ2v) is 4.38. The van der Waals surface area contributed by atoms with Crippen LogP contribution in [0.5, 0.6) is 0 Å². The van der Waals surface area contributed by atoms with E-state index in [4.69, 9.17) is 4.74 Å². The summed E-state index contributed by atoms with van der Waals surface area (Å²) in [5.74, 6) is -2.59. The van der Waals surface area contributed by atoms with Gasteiger partial charge in [0.15, 0.2) is 11.6 Å². The zero-order valence-corrected chi connectivity index (χ0v) is 9.83. The molecule has 0 saturated heterocycles. The Labute approximate surface area is 103 Å². The average molecular weight is 254 g/mol. The molecule has 0 unspecified atom stereocenters. The largest absolute Gasteiger partial charge is 0.465 e. The summed E-state index contributed by atoms with van der Waals surface area (Å²) >= 11 is 0. The Morgan fingerprint density at radius 1 is 1.33 bits per heavy atom. The Morgan fingerprint density at radius 3 is 2.22 bits per heavy atom. The Bertz CT molecular complexity index is 480. The third-order valence-electron chi connectivity index (χ3n) is 3.16. The van der Waals surface area contributed by atoms with Crippen LogP contribution in [0.25, 0.3) is 0 Å². The Kier molecular flexibility index (Phi) is 3.15. The van der Waals surface area contributed by atoms with Gasteiger partial charge in [-0.25, -0.2) is 8.78 Å². The highest BCUT2D eigenvalue weighted by Gasteiger charge is 2.45. The van der Waals surface area contributed by atoms with Crippen LogP contribution in [0.1, 0.15) is 18.1 Å². The minimum Gasteiger partial charge on any atom is -0.465 e. The summed E-state index contributed by atoms with van der Waals surface area (Å²) in [4.78, 5) is 23.0. The number of benzene rings is 1. The van der Waals surface area contributed by atoms with Crippen LogP contribution < -0.4 is 0 Å². The van der Waals surface area contributed by atoms with Gasteiger partial charge in [-0.1, -0.05) is 0 Å². The van der Waals surface area contributed by atoms with E-state index in [1.165, 1.54) is 0 Å². The van der Waals surface area contributed by atoms with Gasteiger partial charge in [0, 0.05) is 0 Å². The van der Waals surface area contributed by atoms with Gasteiger partial charge >= 0.3 is 5.97 Å². The lowest BCUT2D eigenvalue weighted by atomic mass is 9.86. The first-order valence-corrected chi connectivity index (χ1v) is 5.63. The molecule has 0 saturated carbocycles. The quantitative estimate of drug-likeness (QED) is 0.469. The molecule has 0 heterocycles. The third-order valence-corrected chi connectivity index (χ3v) is 3.16. The number of carbonyl (C=O) groups excluding carboxylic acids is 2. The molecule has 0 atom stereocenters. The molecule has 1 aliphatic rings.